The molecule has 0 heterocycles. The van der Waals surface area contributed by atoms with Gasteiger partial charge in [0.05, 0.1) is 17.8 Å². The third kappa shape index (κ3) is 6.39. The Morgan fingerprint density at radius 3 is 1.93 bits per heavy atom. The maximum atomic E-state index is 5.83. The van der Waals surface area contributed by atoms with Gasteiger partial charge >= 0.3 is 0 Å². The van der Waals surface area contributed by atoms with Gasteiger partial charge in [-0.1, -0.05) is 13.3 Å². The second-order valence-electron chi connectivity index (χ2n) is 5.07. The van der Waals surface area contributed by atoms with Gasteiger partial charge in [-0.2, -0.15) is 0 Å². The number of hydrogen-bond donors (Lipinski definition) is 0. The zero-order valence-electron chi connectivity index (χ0n) is 10.6. The molecule has 0 atom stereocenters. The highest BCUT2D eigenvalue weighted by Crippen LogP contribution is 2.19. The van der Waals surface area contributed by atoms with Crippen LogP contribution in [-0.4, -0.2) is 24.9 Å². The molecule has 0 saturated carbocycles. The average molecular weight is 202 g/mol. The molecule has 0 fully saturated rings. The van der Waals surface area contributed by atoms with Crippen LogP contribution in [-0.2, 0) is 9.47 Å². The molecule has 0 bridgehead atoms. The first kappa shape index (κ1) is 13.9. The molecule has 0 aliphatic heterocycles. The molecule has 0 radical (unpaired) electrons. The fourth-order valence-electron chi connectivity index (χ4n) is 1.35. The van der Waals surface area contributed by atoms with E-state index in [0.717, 1.165) is 19.4 Å². The normalized spacial score (nSPS) is 13.3. The number of hydrogen-bond acceptors (Lipinski definition) is 2. The summed E-state index contributed by atoms with van der Waals surface area (Å²) in [7, 11) is 1.75. The van der Waals surface area contributed by atoms with E-state index in [1.54, 1.807) is 7.11 Å². The Morgan fingerprint density at radius 1 is 0.929 bits per heavy atom. The Bertz CT molecular complexity index is 150. The van der Waals surface area contributed by atoms with Crippen molar-refractivity contribution in [2.45, 2.75) is 65.1 Å². The molecule has 0 aromatic carbocycles. The SMILES string of the molecule is CCCC(C)(C)OCCC(C)(C)OC. The molecule has 0 rings (SSSR count). The van der Waals surface area contributed by atoms with E-state index in [1.165, 1.54) is 6.42 Å². The van der Waals surface area contributed by atoms with Crippen LogP contribution in [0.3, 0.4) is 0 Å². The molecule has 0 aromatic rings. The minimum absolute atomic E-state index is 0.0125. The second kappa shape index (κ2) is 5.72. The summed E-state index contributed by atoms with van der Waals surface area (Å²) in [6, 6.07) is 0. The first-order valence-electron chi connectivity index (χ1n) is 5.52. The van der Waals surface area contributed by atoms with Crippen molar-refractivity contribution >= 4 is 0 Å². The van der Waals surface area contributed by atoms with Gasteiger partial charge in [0.1, 0.15) is 0 Å². The first-order chi connectivity index (χ1) is 6.33. The van der Waals surface area contributed by atoms with Crippen LogP contribution in [0.4, 0.5) is 0 Å². The van der Waals surface area contributed by atoms with E-state index in [9.17, 15) is 0 Å². The third-order valence-electron chi connectivity index (χ3n) is 2.60. The van der Waals surface area contributed by atoms with Gasteiger partial charge in [-0.3, -0.25) is 0 Å². The molecule has 0 amide bonds. The van der Waals surface area contributed by atoms with Crippen LogP contribution in [0, 0.1) is 0 Å². The zero-order valence-corrected chi connectivity index (χ0v) is 10.6. The molecular weight excluding hydrogens is 176 g/mol. The lowest BCUT2D eigenvalue weighted by molar-refractivity contribution is -0.0612. The summed E-state index contributed by atoms with van der Waals surface area (Å²) in [6.07, 6.45) is 3.22. The zero-order chi connectivity index (χ0) is 11.2. The van der Waals surface area contributed by atoms with E-state index in [4.69, 9.17) is 9.47 Å². The highest BCUT2D eigenvalue weighted by Gasteiger charge is 2.20. The van der Waals surface area contributed by atoms with Crippen LogP contribution < -0.4 is 0 Å². The summed E-state index contributed by atoms with van der Waals surface area (Å²) in [5.41, 5.74) is -0.0547. The summed E-state index contributed by atoms with van der Waals surface area (Å²) in [4.78, 5) is 0. The summed E-state index contributed by atoms with van der Waals surface area (Å²) >= 11 is 0. The molecule has 0 N–H and O–H groups in total. The van der Waals surface area contributed by atoms with E-state index in [0.29, 0.717) is 0 Å². The maximum absolute atomic E-state index is 5.83. The summed E-state index contributed by atoms with van der Waals surface area (Å²) in [6.45, 7) is 11.4. The quantitative estimate of drug-likeness (QED) is 0.630. The van der Waals surface area contributed by atoms with Crippen LogP contribution in [0.25, 0.3) is 0 Å². The highest BCUT2D eigenvalue weighted by molar-refractivity contribution is 4.71. The molecular formula is C12H26O2. The molecule has 0 aliphatic carbocycles. The standard InChI is InChI=1S/C12H26O2/c1-7-8-12(4,5)14-10-9-11(2,3)13-6/h7-10H2,1-6H3. The van der Waals surface area contributed by atoms with Gasteiger partial charge in [-0.15, -0.1) is 0 Å². The molecule has 0 spiro atoms. The average Bonchev–Trinajstić information content (AvgIpc) is 2.03. The number of methoxy groups -OCH3 is 1. The second-order valence-corrected chi connectivity index (χ2v) is 5.07. The van der Waals surface area contributed by atoms with Crippen molar-refractivity contribution in [2.24, 2.45) is 0 Å². The van der Waals surface area contributed by atoms with Crippen molar-refractivity contribution in [2.75, 3.05) is 13.7 Å². The van der Waals surface area contributed by atoms with E-state index in [1.807, 2.05) is 0 Å². The van der Waals surface area contributed by atoms with Gasteiger partial charge in [-0.05, 0) is 40.5 Å². The smallest absolute Gasteiger partial charge is 0.0644 e. The van der Waals surface area contributed by atoms with Crippen molar-refractivity contribution in [3.05, 3.63) is 0 Å². The minimum atomic E-state index is -0.0672. The number of ether oxygens (including phenoxy) is 2. The van der Waals surface area contributed by atoms with Crippen LogP contribution in [0.2, 0.25) is 0 Å². The predicted molar refractivity (Wildman–Crippen MR) is 60.6 cm³/mol. The van der Waals surface area contributed by atoms with Gasteiger partial charge in [0.2, 0.25) is 0 Å². The molecule has 0 unspecified atom stereocenters. The van der Waals surface area contributed by atoms with Gasteiger partial charge in [0.15, 0.2) is 0 Å². The van der Waals surface area contributed by atoms with Gasteiger partial charge in [-0.25, -0.2) is 0 Å². The van der Waals surface area contributed by atoms with Gasteiger partial charge in [0.25, 0.3) is 0 Å². The molecule has 0 saturated heterocycles. The highest BCUT2D eigenvalue weighted by atomic mass is 16.5. The van der Waals surface area contributed by atoms with Gasteiger partial charge in [0, 0.05) is 7.11 Å². The molecule has 2 nitrogen and oxygen atoms in total. The van der Waals surface area contributed by atoms with Crippen molar-refractivity contribution in [3.8, 4) is 0 Å². The first-order valence-corrected chi connectivity index (χ1v) is 5.52. The summed E-state index contributed by atoms with van der Waals surface area (Å²) in [5, 5.41) is 0. The maximum Gasteiger partial charge on any atom is 0.0644 e. The molecule has 0 aliphatic rings. The van der Waals surface area contributed by atoms with Crippen LogP contribution >= 0.6 is 0 Å². The number of rotatable bonds is 7. The topological polar surface area (TPSA) is 18.5 Å². The van der Waals surface area contributed by atoms with E-state index < -0.39 is 0 Å². The van der Waals surface area contributed by atoms with E-state index in [2.05, 4.69) is 34.6 Å². The van der Waals surface area contributed by atoms with Gasteiger partial charge < -0.3 is 9.47 Å². The molecule has 0 aromatic heterocycles. The Morgan fingerprint density at radius 2 is 1.50 bits per heavy atom. The van der Waals surface area contributed by atoms with Crippen LogP contribution in [0.15, 0.2) is 0 Å². The Labute approximate surface area is 89.0 Å². The molecule has 86 valence electrons. The van der Waals surface area contributed by atoms with Crippen molar-refractivity contribution in [1.82, 2.24) is 0 Å². The monoisotopic (exact) mass is 202 g/mol. The third-order valence-corrected chi connectivity index (χ3v) is 2.60. The Balaban J connectivity index is 3.73. The Hall–Kier alpha value is -0.0800. The van der Waals surface area contributed by atoms with E-state index in [-0.39, 0.29) is 11.2 Å². The lowest BCUT2D eigenvalue weighted by Crippen LogP contribution is -2.29. The summed E-state index contributed by atoms with van der Waals surface area (Å²) < 4.78 is 11.2. The van der Waals surface area contributed by atoms with Crippen molar-refractivity contribution < 1.29 is 9.47 Å². The molecule has 14 heavy (non-hydrogen) atoms. The van der Waals surface area contributed by atoms with Crippen molar-refractivity contribution in [1.29, 1.82) is 0 Å². The Kier molecular flexibility index (Phi) is 5.68. The summed E-state index contributed by atoms with van der Waals surface area (Å²) in [5.74, 6) is 0. The minimum Gasteiger partial charge on any atom is -0.379 e. The van der Waals surface area contributed by atoms with Crippen molar-refractivity contribution in [3.63, 3.8) is 0 Å². The molecule has 2 heteroatoms. The van der Waals surface area contributed by atoms with Crippen LogP contribution in [0.5, 0.6) is 0 Å². The largest absolute Gasteiger partial charge is 0.379 e. The van der Waals surface area contributed by atoms with Crippen LogP contribution in [0.1, 0.15) is 53.9 Å². The fourth-order valence-corrected chi connectivity index (χ4v) is 1.35. The predicted octanol–water partition coefficient (Wildman–Crippen LogP) is 3.40. The lowest BCUT2D eigenvalue weighted by atomic mass is 10.0. The van der Waals surface area contributed by atoms with E-state index >= 15 is 0 Å². The lowest BCUT2D eigenvalue weighted by Gasteiger charge is -2.28. The fraction of sp³-hybridized carbons (Fsp3) is 1.00.